The molecule has 0 bridgehead atoms. The Hall–Kier alpha value is -0.580. The summed E-state index contributed by atoms with van der Waals surface area (Å²) in [4.78, 5) is 12.1. The lowest BCUT2D eigenvalue weighted by Gasteiger charge is -2.41. The van der Waals surface area contributed by atoms with Crippen LogP contribution in [0.3, 0.4) is 0 Å². The normalized spacial score (nSPS) is 17.4. The van der Waals surface area contributed by atoms with E-state index in [1.165, 1.54) is 0 Å². The molecule has 5 heteroatoms. The zero-order valence-electron chi connectivity index (χ0n) is 9.17. The van der Waals surface area contributed by atoms with Crippen LogP contribution in [0.25, 0.3) is 0 Å². The number of carbonyl (C=O) groups excluding carboxylic acids is 1. The first-order valence-corrected chi connectivity index (χ1v) is 6.62. The monoisotopic (exact) mass is 317 g/mol. The minimum atomic E-state index is -0.432. The van der Waals surface area contributed by atoms with Gasteiger partial charge in [0, 0.05) is 9.50 Å². The van der Waals surface area contributed by atoms with E-state index in [1.54, 1.807) is 18.2 Å². The molecule has 0 aromatic heterocycles. The van der Waals surface area contributed by atoms with Crippen molar-refractivity contribution in [3.05, 3.63) is 33.3 Å². The zero-order valence-corrected chi connectivity index (χ0v) is 11.5. The molecule has 2 rings (SSSR count). The fourth-order valence-electron chi connectivity index (χ4n) is 1.91. The van der Waals surface area contributed by atoms with Crippen LogP contribution < -0.4 is 5.32 Å². The molecule has 1 aromatic rings. The van der Waals surface area contributed by atoms with Crippen LogP contribution in [0.2, 0.25) is 5.02 Å². The second-order valence-electron chi connectivity index (χ2n) is 4.37. The minimum Gasteiger partial charge on any atom is -0.394 e. The molecule has 2 N–H and O–H groups in total. The summed E-state index contributed by atoms with van der Waals surface area (Å²) in [5.41, 5.74) is 0.0657. The molecule has 1 aromatic carbocycles. The van der Waals surface area contributed by atoms with Crippen molar-refractivity contribution in [2.24, 2.45) is 0 Å². The van der Waals surface area contributed by atoms with Gasteiger partial charge in [0.05, 0.1) is 17.7 Å². The summed E-state index contributed by atoms with van der Waals surface area (Å²) in [6.45, 7) is -0.0169. The van der Waals surface area contributed by atoms with Gasteiger partial charge < -0.3 is 10.4 Å². The van der Waals surface area contributed by atoms with Gasteiger partial charge in [0.15, 0.2) is 0 Å². The van der Waals surface area contributed by atoms with Crippen molar-refractivity contribution in [3.63, 3.8) is 0 Å². The van der Waals surface area contributed by atoms with Gasteiger partial charge in [0.1, 0.15) is 0 Å². The van der Waals surface area contributed by atoms with Crippen molar-refractivity contribution in [2.45, 2.75) is 24.8 Å². The second kappa shape index (κ2) is 4.96. The number of rotatable bonds is 3. The highest BCUT2D eigenvalue weighted by atomic mass is 79.9. The molecular weight excluding hydrogens is 305 g/mol. The molecule has 0 aliphatic heterocycles. The van der Waals surface area contributed by atoms with Crippen LogP contribution in [-0.2, 0) is 0 Å². The molecule has 0 unspecified atom stereocenters. The molecular formula is C12H13BrClNO2. The summed E-state index contributed by atoms with van der Waals surface area (Å²) in [7, 11) is 0. The van der Waals surface area contributed by atoms with Crippen LogP contribution in [-0.4, -0.2) is 23.2 Å². The maximum absolute atomic E-state index is 12.1. The van der Waals surface area contributed by atoms with Crippen molar-refractivity contribution < 1.29 is 9.90 Å². The first-order valence-electron chi connectivity index (χ1n) is 5.45. The summed E-state index contributed by atoms with van der Waals surface area (Å²) < 4.78 is 0.701. The van der Waals surface area contributed by atoms with E-state index in [0.717, 1.165) is 19.3 Å². The smallest absolute Gasteiger partial charge is 0.252 e. The van der Waals surface area contributed by atoms with Gasteiger partial charge in [-0.2, -0.15) is 0 Å². The van der Waals surface area contributed by atoms with Crippen LogP contribution in [0.5, 0.6) is 0 Å². The predicted molar refractivity (Wildman–Crippen MR) is 70.3 cm³/mol. The SMILES string of the molecule is O=C(NC1(CO)CCC1)c1cc(Cl)ccc1Br. The summed E-state index contributed by atoms with van der Waals surface area (Å²) >= 11 is 9.18. The molecule has 1 saturated carbocycles. The van der Waals surface area contributed by atoms with Gasteiger partial charge in [-0.25, -0.2) is 0 Å². The van der Waals surface area contributed by atoms with Crippen LogP contribution in [0.15, 0.2) is 22.7 Å². The Bertz CT molecular complexity index is 441. The Morgan fingerprint density at radius 2 is 2.24 bits per heavy atom. The number of hydrogen-bond acceptors (Lipinski definition) is 2. The highest BCUT2D eigenvalue weighted by Gasteiger charge is 2.38. The summed E-state index contributed by atoms with van der Waals surface area (Å²) in [6, 6.07) is 5.07. The topological polar surface area (TPSA) is 49.3 Å². The number of amides is 1. The Kier molecular flexibility index (Phi) is 3.76. The molecule has 0 atom stereocenters. The summed E-state index contributed by atoms with van der Waals surface area (Å²) in [6.07, 6.45) is 2.69. The molecule has 0 heterocycles. The van der Waals surface area contributed by atoms with E-state index in [0.29, 0.717) is 15.1 Å². The number of carbonyl (C=O) groups is 1. The number of aliphatic hydroxyl groups excluding tert-OH is 1. The van der Waals surface area contributed by atoms with Crippen molar-refractivity contribution >= 4 is 33.4 Å². The molecule has 1 amide bonds. The number of halogens is 2. The Labute approximate surface area is 113 Å². The van der Waals surface area contributed by atoms with Crippen molar-refractivity contribution in [1.29, 1.82) is 0 Å². The van der Waals surface area contributed by atoms with Gasteiger partial charge >= 0.3 is 0 Å². The van der Waals surface area contributed by atoms with Crippen LogP contribution in [0.4, 0.5) is 0 Å². The molecule has 0 spiro atoms. The molecule has 1 fully saturated rings. The molecule has 0 saturated heterocycles. The number of hydrogen-bond donors (Lipinski definition) is 2. The quantitative estimate of drug-likeness (QED) is 0.900. The van der Waals surface area contributed by atoms with Crippen molar-refractivity contribution in [3.8, 4) is 0 Å². The summed E-state index contributed by atoms with van der Waals surface area (Å²) in [5.74, 6) is -0.201. The highest BCUT2D eigenvalue weighted by molar-refractivity contribution is 9.10. The average Bonchev–Trinajstić information content (AvgIpc) is 2.26. The Morgan fingerprint density at radius 1 is 1.53 bits per heavy atom. The van der Waals surface area contributed by atoms with Crippen LogP contribution in [0.1, 0.15) is 29.6 Å². The fourth-order valence-corrected chi connectivity index (χ4v) is 2.50. The average molecular weight is 319 g/mol. The highest BCUT2D eigenvalue weighted by Crippen LogP contribution is 2.32. The Balaban J connectivity index is 2.17. The number of aliphatic hydroxyl groups is 1. The third kappa shape index (κ3) is 2.64. The van der Waals surface area contributed by atoms with Crippen molar-refractivity contribution in [2.75, 3.05) is 6.61 Å². The second-order valence-corrected chi connectivity index (χ2v) is 5.66. The molecule has 3 nitrogen and oxygen atoms in total. The largest absolute Gasteiger partial charge is 0.394 e. The van der Waals surface area contributed by atoms with E-state index in [-0.39, 0.29) is 12.5 Å². The molecule has 92 valence electrons. The van der Waals surface area contributed by atoms with Gasteiger partial charge in [-0.15, -0.1) is 0 Å². The molecule has 1 aliphatic rings. The Morgan fingerprint density at radius 3 is 2.76 bits per heavy atom. The van der Waals surface area contributed by atoms with Crippen molar-refractivity contribution in [1.82, 2.24) is 5.32 Å². The standard InChI is InChI=1S/C12H13BrClNO2/c13-10-3-2-8(14)6-9(10)11(17)15-12(7-16)4-1-5-12/h2-3,6,16H,1,4-5,7H2,(H,15,17). The first-order chi connectivity index (χ1) is 8.06. The maximum atomic E-state index is 12.1. The number of benzene rings is 1. The molecule has 17 heavy (non-hydrogen) atoms. The van der Waals surface area contributed by atoms with E-state index < -0.39 is 5.54 Å². The zero-order chi connectivity index (χ0) is 12.5. The van der Waals surface area contributed by atoms with Gasteiger partial charge in [0.2, 0.25) is 0 Å². The lowest BCUT2D eigenvalue weighted by Crippen LogP contribution is -2.56. The minimum absolute atomic E-state index is 0.0169. The number of nitrogens with one attached hydrogen (secondary N) is 1. The van der Waals surface area contributed by atoms with Gasteiger partial charge in [-0.3, -0.25) is 4.79 Å². The van der Waals surface area contributed by atoms with Gasteiger partial charge in [0.25, 0.3) is 5.91 Å². The van der Waals surface area contributed by atoms with Crippen LogP contribution >= 0.6 is 27.5 Å². The van der Waals surface area contributed by atoms with E-state index in [9.17, 15) is 9.90 Å². The lowest BCUT2D eigenvalue weighted by atomic mass is 9.77. The van der Waals surface area contributed by atoms with Gasteiger partial charge in [-0.05, 0) is 53.4 Å². The third-order valence-corrected chi connectivity index (χ3v) is 4.09. The van der Waals surface area contributed by atoms with Crippen LogP contribution in [0, 0.1) is 0 Å². The third-order valence-electron chi connectivity index (χ3n) is 3.17. The maximum Gasteiger partial charge on any atom is 0.252 e. The first kappa shape index (κ1) is 12.9. The van der Waals surface area contributed by atoms with E-state index >= 15 is 0 Å². The summed E-state index contributed by atoms with van der Waals surface area (Å²) in [5, 5.41) is 12.7. The van der Waals surface area contributed by atoms with Gasteiger partial charge in [-0.1, -0.05) is 11.6 Å². The predicted octanol–water partition coefficient (Wildman–Crippen LogP) is 2.75. The fraction of sp³-hybridized carbons (Fsp3) is 0.417. The van der Waals surface area contributed by atoms with E-state index in [4.69, 9.17) is 11.6 Å². The lowest BCUT2D eigenvalue weighted by molar-refractivity contribution is 0.0641. The molecule has 1 aliphatic carbocycles. The van der Waals surface area contributed by atoms with E-state index in [1.807, 2.05) is 0 Å². The molecule has 0 radical (unpaired) electrons. The van der Waals surface area contributed by atoms with E-state index in [2.05, 4.69) is 21.2 Å².